The zero-order chi connectivity index (χ0) is 20.6. The number of ether oxygens (including phenoxy) is 2. The van der Waals surface area contributed by atoms with Crippen molar-refractivity contribution in [1.82, 2.24) is 15.5 Å². The number of carbonyl (C=O) groups excluding carboxylic acids is 2. The molecular formula is C21H27N3O4S. The molecule has 29 heavy (non-hydrogen) atoms. The lowest BCUT2D eigenvalue weighted by molar-refractivity contribution is -0.140. The number of rotatable bonds is 7. The summed E-state index contributed by atoms with van der Waals surface area (Å²) in [5, 5.41) is 7.57. The number of hydrogen-bond acceptors (Lipinski definition) is 6. The molecule has 2 heterocycles. The van der Waals surface area contributed by atoms with Gasteiger partial charge in [-0.25, -0.2) is 0 Å². The molecule has 0 unspecified atom stereocenters. The highest BCUT2D eigenvalue weighted by atomic mass is 32.1. The maximum atomic E-state index is 12.4. The molecule has 1 aliphatic heterocycles. The van der Waals surface area contributed by atoms with Crippen LogP contribution in [-0.4, -0.2) is 56.2 Å². The Morgan fingerprint density at radius 3 is 2.52 bits per heavy atom. The van der Waals surface area contributed by atoms with Crippen molar-refractivity contribution in [3.8, 4) is 5.75 Å². The third-order valence-electron chi connectivity index (χ3n) is 4.92. The monoisotopic (exact) mass is 417 g/mol. The molecule has 7 nitrogen and oxygen atoms in total. The first kappa shape index (κ1) is 21.3. The predicted molar refractivity (Wildman–Crippen MR) is 112 cm³/mol. The molecule has 1 aromatic carbocycles. The van der Waals surface area contributed by atoms with Crippen molar-refractivity contribution in [2.24, 2.45) is 0 Å². The molecule has 1 aliphatic rings. The summed E-state index contributed by atoms with van der Waals surface area (Å²) in [4.78, 5) is 28.2. The summed E-state index contributed by atoms with van der Waals surface area (Å²) in [6.07, 6.45) is 0. The molecular weight excluding hydrogens is 390 g/mol. The predicted octanol–water partition coefficient (Wildman–Crippen LogP) is 1.95. The van der Waals surface area contributed by atoms with Gasteiger partial charge in [-0.05, 0) is 36.1 Å². The van der Waals surface area contributed by atoms with Crippen LogP contribution in [0.3, 0.4) is 0 Å². The molecule has 1 aromatic heterocycles. The van der Waals surface area contributed by atoms with E-state index in [1.54, 1.807) is 18.4 Å². The van der Waals surface area contributed by atoms with Gasteiger partial charge in [0, 0.05) is 30.6 Å². The van der Waals surface area contributed by atoms with E-state index in [0.29, 0.717) is 13.2 Å². The Bertz CT molecular complexity index is 789. The van der Waals surface area contributed by atoms with E-state index in [-0.39, 0.29) is 18.6 Å². The van der Waals surface area contributed by atoms with E-state index < -0.39 is 11.8 Å². The first-order chi connectivity index (χ1) is 14.1. The molecule has 0 saturated carbocycles. The molecule has 1 fully saturated rings. The van der Waals surface area contributed by atoms with E-state index in [1.807, 2.05) is 42.6 Å². The summed E-state index contributed by atoms with van der Waals surface area (Å²) >= 11 is 1.65. The van der Waals surface area contributed by atoms with Gasteiger partial charge in [-0.3, -0.25) is 14.5 Å². The van der Waals surface area contributed by atoms with Crippen molar-refractivity contribution < 1.29 is 19.1 Å². The average Bonchev–Trinajstić information content (AvgIpc) is 3.27. The molecule has 2 atom stereocenters. The quantitative estimate of drug-likeness (QED) is 0.673. The van der Waals surface area contributed by atoms with E-state index >= 15 is 0 Å². The topological polar surface area (TPSA) is 79.9 Å². The molecule has 0 aliphatic carbocycles. The van der Waals surface area contributed by atoms with Crippen molar-refractivity contribution in [1.29, 1.82) is 0 Å². The van der Waals surface area contributed by atoms with Crippen LogP contribution in [0.1, 0.15) is 23.4 Å². The van der Waals surface area contributed by atoms with Crippen LogP contribution in [0.25, 0.3) is 0 Å². The lowest BCUT2D eigenvalue weighted by atomic mass is 10.1. The second-order valence-corrected chi connectivity index (χ2v) is 7.88. The van der Waals surface area contributed by atoms with E-state index in [4.69, 9.17) is 9.47 Å². The van der Waals surface area contributed by atoms with Crippen molar-refractivity contribution in [3.63, 3.8) is 0 Å². The smallest absolute Gasteiger partial charge is 0.309 e. The van der Waals surface area contributed by atoms with Crippen LogP contribution in [-0.2, 0) is 20.9 Å². The van der Waals surface area contributed by atoms with Crippen molar-refractivity contribution >= 4 is 23.2 Å². The van der Waals surface area contributed by atoms with Gasteiger partial charge in [-0.1, -0.05) is 18.2 Å². The standard InChI is InChI=1S/C21H27N3O4S/c1-15(19(18-4-3-13-29-18)24-9-11-28-12-10-24)23-21(26)20(25)22-14-16-5-7-17(27-2)8-6-16/h3-8,13,15,19H,9-12,14H2,1-2H3,(H,22,25)(H,23,26)/t15-,19+/m0/s1. The first-order valence-electron chi connectivity index (χ1n) is 9.65. The normalized spacial score (nSPS) is 16.6. The van der Waals surface area contributed by atoms with E-state index in [1.165, 1.54) is 4.88 Å². The lowest BCUT2D eigenvalue weighted by Crippen LogP contribution is -2.51. The third kappa shape index (κ3) is 5.79. The van der Waals surface area contributed by atoms with Gasteiger partial charge < -0.3 is 20.1 Å². The molecule has 0 bridgehead atoms. The first-order valence-corrected chi connectivity index (χ1v) is 10.5. The average molecular weight is 418 g/mol. The molecule has 0 radical (unpaired) electrons. The minimum absolute atomic E-state index is 0.0113. The van der Waals surface area contributed by atoms with Crippen LogP contribution >= 0.6 is 11.3 Å². The molecule has 3 rings (SSSR count). The molecule has 1 saturated heterocycles. The Labute approximate surface area is 175 Å². The Kier molecular flexibility index (Phi) is 7.62. The molecule has 0 spiro atoms. The van der Waals surface area contributed by atoms with Crippen LogP contribution in [0.5, 0.6) is 5.75 Å². The number of thiophene rings is 1. The summed E-state index contributed by atoms with van der Waals surface area (Å²) in [5.74, 6) is -0.519. The van der Waals surface area contributed by atoms with Crippen molar-refractivity contribution in [2.45, 2.75) is 25.6 Å². The highest BCUT2D eigenvalue weighted by Gasteiger charge is 2.30. The molecule has 8 heteroatoms. The van der Waals surface area contributed by atoms with Gasteiger partial charge in [0.1, 0.15) is 5.75 Å². The highest BCUT2D eigenvalue weighted by Crippen LogP contribution is 2.29. The number of nitrogens with one attached hydrogen (secondary N) is 2. The number of amides is 2. The van der Waals surface area contributed by atoms with Crippen LogP contribution in [0.15, 0.2) is 41.8 Å². The number of hydrogen-bond donors (Lipinski definition) is 2. The fourth-order valence-electron chi connectivity index (χ4n) is 3.42. The van der Waals surface area contributed by atoms with Gasteiger partial charge >= 0.3 is 11.8 Å². The van der Waals surface area contributed by atoms with Crippen molar-refractivity contribution in [2.75, 3.05) is 33.4 Å². The van der Waals surface area contributed by atoms with Crippen molar-refractivity contribution in [3.05, 3.63) is 52.2 Å². The molecule has 2 aromatic rings. The summed E-state index contributed by atoms with van der Waals surface area (Å²) in [6, 6.07) is 11.2. The number of methoxy groups -OCH3 is 1. The number of benzene rings is 1. The van der Waals surface area contributed by atoms with Crippen LogP contribution in [0.2, 0.25) is 0 Å². The summed E-state index contributed by atoms with van der Waals surface area (Å²) in [6.45, 7) is 5.16. The van der Waals surface area contributed by atoms with E-state index in [2.05, 4.69) is 21.6 Å². The Hall–Kier alpha value is -2.42. The van der Waals surface area contributed by atoms with Gasteiger partial charge in [-0.15, -0.1) is 11.3 Å². The van der Waals surface area contributed by atoms with Gasteiger partial charge in [0.15, 0.2) is 0 Å². The molecule has 2 amide bonds. The number of morpholine rings is 1. The van der Waals surface area contributed by atoms with Crippen LogP contribution in [0, 0.1) is 0 Å². The third-order valence-corrected chi connectivity index (χ3v) is 5.87. The lowest BCUT2D eigenvalue weighted by Gasteiger charge is -2.37. The zero-order valence-electron chi connectivity index (χ0n) is 16.7. The zero-order valence-corrected chi connectivity index (χ0v) is 17.5. The van der Waals surface area contributed by atoms with Gasteiger partial charge in [-0.2, -0.15) is 0 Å². The Balaban J connectivity index is 1.57. The molecule has 156 valence electrons. The van der Waals surface area contributed by atoms with Crippen LogP contribution in [0.4, 0.5) is 0 Å². The SMILES string of the molecule is COc1ccc(CNC(=O)C(=O)N[C@@H](C)[C@H](c2cccs2)N2CCOCC2)cc1. The summed E-state index contributed by atoms with van der Waals surface area (Å²) < 4.78 is 10.6. The minimum Gasteiger partial charge on any atom is -0.497 e. The Morgan fingerprint density at radius 2 is 1.90 bits per heavy atom. The maximum absolute atomic E-state index is 12.4. The number of nitrogens with zero attached hydrogens (tertiary/aromatic N) is 1. The second-order valence-electron chi connectivity index (χ2n) is 6.90. The Morgan fingerprint density at radius 1 is 1.17 bits per heavy atom. The highest BCUT2D eigenvalue weighted by molar-refractivity contribution is 7.10. The van der Waals surface area contributed by atoms with E-state index in [0.717, 1.165) is 24.4 Å². The minimum atomic E-state index is -0.639. The second kappa shape index (κ2) is 10.4. The van der Waals surface area contributed by atoms with E-state index in [9.17, 15) is 9.59 Å². The maximum Gasteiger partial charge on any atom is 0.309 e. The largest absolute Gasteiger partial charge is 0.497 e. The summed E-state index contributed by atoms with van der Waals surface area (Å²) in [7, 11) is 1.60. The van der Waals surface area contributed by atoms with Gasteiger partial charge in [0.25, 0.3) is 0 Å². The van der Waals surface area contributed by atoms with Crippen LogP contribution < -0.4 is 15.4 Å². The fourth-order valence-corrected chi connectivity index (χ4v) is 4.38. The molecule has 2 N–H and O–H groups in total. The fraction of sp³-hybridized carbons (Fsp3) is 0.429. The summed E-state index contributed by atoms with van der Waals surface area (Å²) in [5.41, 5.74) is 0.893. The van der Waals surface area contributed by atoms with Gasteiger partial charge in [0.05, 0.1) is 26.4 Å². The number of carbonyl (C=O) groups is 2. The van der Waals surface area contributed by atoms with Gasteiger partial charge in [0.2, 0.25) is 0 Å².